The Balaban J connectivity index is 2.29. The molecule has 1 amide bonds. The first-order valence-electron chi connectivity index (χ1n) is 6.75. The minimum absolute atomic E-state index is 0.196. The van der Waals surface area contributed by atoms with Gasteiger partial charge in [-0.3, -0.25) is 4.79 Å². The van der Waals surface area contributed by atoms with E-state index in [1.165, 1.54) is 0 Å². The summed E-state index contributed by atoms with van der Waals surface area (Å²) >= 11 is 0. The van der Waals surface area contributed by atoms with Crippen molar-refractivity contribution in [3.05, 3.63) is 0 Å². The third-order valence-electron chi connectivity index (χ3n) is 3.74. The highest BCUT2D eigenvalue weighted by atomic mass is 16.3. The van der Waals surface area contributed by atoms with Gasteiger partial charge < -0.3 is 10.4 Å². The van der Waals surface area contributed by atoms with Crippen molar-refractivity contribution in [2.75, 3.05) is 13.2 Å². The quantitative estimate of drug-likeness (QED) is 0.718. The summed E-state index contributed by atoms with van der Waals surface area (Å²) in [5.74, 6) is 1.42. The van der Waals surface area contributed by atoms with Gasteiger partial charge in [0, 0.05) is 19.1 Å². The lowest BCUT2D eigenvalue weighted by molar-refractivity contribution is -0.123. The van der Waals surface area contributed by atoms with Crippen LogP contribution in [0, 0.1) is 23.2 Å². The molecule has 0 aromatic carbocycles. The van der Waals surface area contributed by atoms with Gasteiger partial charge in [0.1, 0.15) is 0 Å². The predicted octanol–water partition coefficient (Wildman–Crippen LogP) is 2.19. The van der Waals surface area contributed by atoms with Gasteiger partial charge in [0.15, 0.2) is 0 Å². The molecule has 2 N–H and O–H groups in total. The zero-order valence-electron chi connectivity index (χ0n) is 11.6. The van der Waals surface area contributed by atoms with Crippen LogP contribution in [0.1, 0.15) is 47.0 Å². The second kappa shape index (κ2) is 5.85. The highest BCUT2D eigenvalue weighted by molar-refractivity contribution is 5.82. The van der Waals surface area contributed by atoms with E-state index in [-0.39, 0.29) is 23.8 Å². The zero-order chi connectivity index (χ0) is 13.1. The number of hydrogen-bond donors (Lipinski definition) is 2. The standard InChI is InChI=1S/C14H27NO2/c1-10(2)7-11(5-6-16)9-15-13(17)12-8-14(12,3)4/h10-12,16H,5-9H2,1-4H3,(H,15,17). The van der Waals surface area contributed by atoms with Crippen molar-refractivity contribution in [2.24, 2.45) is 23.2 Å². The predicted molar refractivity (Wildman–Crippen MR) is 69.5 cm³/mol. The molecule has 1 fully saturated rings. The SMILES string of the molecule is CC(C)CC(CCO)CNC(=O)C1CC1(C)C. The molecule has 0 aromatic rings. The molecule has 0 aliphatic heterocycles. The van der Waals surface area contributed by atoms with Gasteiger partial charge >= 0.3 is 0 Å². The lowest BCUT2D eigenvalue weighted by Crippen LogP contribution is -2.32. The van der Waals surface area contributed by atoms with Gasteiger partial charge in [-0.05, 0) is 36.5 Å². The molecule has 0 heterocycles. The molecule has 2 atom stereocenters. The first-order chi connectivity index (χ1) is 7.86. The normalized spacial score (nSPS) is 23.5. The van der Waals surface area contributed by atoms with Gasteiger partial charge in [0.2, 0.25) is 5.91 Å². The summed E-state index contributed by atoms with van der Waals surface area (Å²) in [6.07, 6.45) is 2.86. The molecule has 0 saturated heterocycles. The number of carbonyl (C=O) groups is 1. The van der Waals surface area contributed by atoms with Crippen LogP contribution in [-0.4, -0.2) is 24.2 Å². The minimum Gasteiger partial charge on any atom is -0.396 e. The first kappa shape index (κ1) is 14.5. The van der Waals surface area contributed by atoms with Crippen molar-refractivity contribution in [3.63, 3.8) is 0 Å². The number of rotatable bonds is 7. The average molecular weight is 241 g/mol. The second-order valence-electron chi connectivity index (χ2n) is 6.50. The Kier molecular flexibility index (Phi) is 4.99. The molecule has 100 valence electrons. The summed E-state index contributed by atoms with van der Waals surface area (Å²) in [5.41, 5.74) is 0.203. The Morgan fingerprint density at radius 2 is 2.06 bits per heavy atom. The summed E-state index contributed by atoms with van der Waals surface area (Å²) in [6, 6.07) is 0. The van der Waals surface area contributed by atoms with Gasteiger partial charge in [-0.2, -0.15) is 0 Å². The van der Waals surface area contributed by atoms with E-state index in [2.05, 4.69) is 33.0 Å². The number of aliphatic hydroxyl groups excluding tert-OH is 1. The van der Waals surface area contributed by atoms with Crippen LogP contribution in [0.25, 0.3) is 0 Å². The first-order valence-corrected chi connectivity index (χ1v) is 6.75. The van der Waals surface area contributed by atoms with Crippen LogP contribution < -0.4 is 5.32 Å². The van der Waals surface area contributed by atoms with Crippen molar-refractivity contribution in [1.82, 2.24) is 5.32 Å². The van der Waals surface area contributed by atoms with Crippen LogP contribution in [0.3, 0.4) is 0 Å². The van der Waals surface area contributed by atoms with Crippen LogP contribution in [0.5, 0.6) is 0 Å². The van der Waals surface area contributed by atoms with Crippen LogP contribution in [-0.2, 0) is 4.79 Å². The molecule has 0 spiro atoms. The van der Waals surface area contributed by atoms with Gasteiger partial charge in [-0.25, -0.2) is 0 Å². The fraction of sp³-hybridized carbons (Fsp3) is 0.929. The number of nitrogens with one attached hydrogen (secondary N) is 1. The minimum atomic E-state index is 0.196. The fourth-order valence-electron chi connectivity index (χ4n) is 2.44. The summed E-state index contributed by atoms with van der Waals surface area (Å²) in [6.45, 7) is 9.55. The van der Waals surface area contributed by atoms with Crippen molar-refractivity contribution in [3.8, 4) is 0 Å². The molecule has 1 rings (SSSR count). The van der Waals surface area contributed by atoms with Crippen LogP contribution in [0.4, 0.5) is 0 Å². The summed E-state index contributed by atoms with van der Waals surface area (Å²) < 4.78 is 0. The van der Waals surface area contributed by atoms with E-state index in [1.54, 1.807) is 0 Å². The fourth-order valence-corrected chi connectivity index (χ4v) is 2.44. The number of amides is 1. The zero-order valence-corrected chi connectivity index (χ0v) is 11.6. The maximum absolute atomic E-state index is 11.8. The largest absolute Gasteiger partial charge is 0.396 e. The summed E-state index contributed by atoms with van der Waals surface area (Å²) in [7, 11) is 0. The third kappa shape index (κ3) is 4.66. The van der Waals surface area contributed by atoms with Crippen LogP contribution in [0.15, 0.2) is 0 Å². The van der Waals surface area contributed by atoms with Gasteiger partial charge in [-0.15, -0.1) is 0 Å². The van der Waals surface area contributed by atoms with E-state index in [1.807, 2.05) is 0 Å². The molecule has 0 aromatic heterocycles. The maximum atomic E-state index is 11.8. The molecule has 0 radical (unpaired) electrons. The molecule has 2 unspecified atom stereocenters. The van der Waals surface area contributed by atoms with E-state index in [0.717, 1.165) is 19.3 Å². The Morgan fingerprint density at radius 1 is 1.47 bits per heavy atom. The van der Waals surface area contributed by atoms with Gasteiger partial charge in [-0.1, -0.05) is 27.7 Å². The molecular formula is C14H27NO2. The molecular weight excluding hydrogens is 214 g/mol. The van der Waals surface area contributed by atoms with Gasteiger partial charge in [0.05, 0.1) is 0 Å². The Labute approximate surface area is 105 Å². The Hall–Kier alpha value is -0.570. The lowest BCUT2D eigenvalue weighted by atomic mass is 9.94. The van der Waals surface area contributed by atoms with Crippen molar-refractivity contribution < 1.29 is 9.90 Å². The molecule has 17 heavy (non-hydrogen) atoms. The van der Waals surface area contributed by atoms with Gasteiger partial charge in [0.25, 0.3) is 0 Å². The average Bonchev–Trinajstić information content (AvgIpc) is 2.83. The molecule has 1 saturated carbocycles. The number of aliphatic hydroxyl groups is 1. The molecule has 3 heteroatoms. The molecule has 3 nitrogen and oxygen atoms in total. The van der Waals surface area contributed by atoms with Crippen molar-refractivity contribution in [2.45, 2.75) is 47.0 Å². The van der Waals surface area contributed by atoms with E-state index in [9.17, 15) is 4.79 Å². The highest BCUT2D eigenvalue weighted by Gasteiger charge is 2.50. The topological polar surface area (TPSA) is 49.3 Å². The maximum Gasteiger partial charge on any atom is 0.223 e. The molecule has 1 aliphatic carbocycles. The Bertz CT molecular complexity index is 261. The van der Waals surface area contributed by atoms with Crippen LogP contribution in [0.2, 0.25) is 0 Å². The van der Waals surface area contributed by atoms with E-state index in [0.29, 0.717) is 18.4 Å². The molecule has 1 aliphatic rings. The third-order valence-corrected chi connectivity index (χ3v) is 3.74. The lowest BCUT2D eigenvalue weighted by Gasteiger charge is -2.18. The summed E-state index contributed by atoms with van der Waals surface area (Å²) in [5, 5.41) is 12.0. The van der Waals surface area contributed by atoms with Crippen molar-refractivity contribution >= 4 is 5.91 Å². The van der Waals surface area contributed by atoms with Crippen LogP contribution >= 0.6 is 0 Å². The number of hydrogen-bond acceptors (Lipinski definition) is 2. The smallest absolute Gasteiger partial charge is 0.223 e. The van der Waals surface area contributed by atoms with E-state index in [4.69, 9.17) is 5.11 Å². The van der Waals surface area contributed by atoms with Crippen molar-refractivity contribution in [1.29, 1.82) is 0 Å². The molecule has 0 bridgehead atoms. The van der Waals surface area contributed by atoms with E-state index >= 15 is 0 Å². The Morgan fingerprint density at radius 3 is 2.47 bits per heavy atom. The second-order valence-corrected chi connectivity index (χ2v) is 6.50. The monoisotopic (exact) mass is 241 g/mol. The summed E-state index contributed by atoms with van der Waals surface area (Å²) in [4.78, 5) is 11.8. The number of carbonyl (C=O) groups excluding carboxylic acids is 1. The van der Waals surface area contributed by atoms with E-state index < -0.39 is 0 Å². The highest BCUT2D eigenvalue weighted by Crippen LogP contribution is 2.51.